The Morgan fingerprint density at radius 1 is 0.889 bits per heavy atom. The van der Waals surface area contributed by atoms with Gasteiger partial charge in [0, 0.05) is 12.1 Å². The molecule has 0 aliphatic rings. The second-order valence-electron chi connectivity index (χ2n) is 6.12. The minimum Gasteiger partial charge on any atom is -0.312 e. The van der Waals surface area contributed by atoms with Crippen LogP contribution in [-0.2, 0) is 9.09 Å². The average molecular weight is 279 g/mol. The van der Waals surface area contributed by atoms with Gasteiger partial charge >= 0.3 is 7.75 Å². The molecule has 0 aliphatic heterocycles. The molecule has 0 heterocycles. The number of hydrogen-bond donors (Lipinski definition) is 1. The monoisotopic (exact) mass is 279 g/mol. The van der Waals surface area contributed by atoms with Crippen LogP contribution in [0, 0.1) is 11.8 Å². The highest BCUT2D eigenvalue weighted by atomic mass is 31.2. The van der Waals surface area contributed by atoms with Crippen LogP contribution >= 0.6 is 7.75 Å². The van der Waals surface area contributed by atoms with Gasteiger partial charge in [0.15, 0.2) is 0 Å². The molecule has 0 aliphatic carbocycles. The standard InChI is InChI=1S/C13H30NO3P/c1-9(2)13(10(3)4)17-18(15,16)14(11(5)6)12(7)8/h9-13H,1-8H3,(H,15,16). The van der Waals surface area contributed by atoms with Crippen molar-refractivity contribution in [3.63, 3.8) is 0 Å². The van der Waals surface area contributed by atoms with Gasteiger partial charge in [0.25, 0.3) is 0 Å². The van der Waals surface area contributed by atoms with Gasteiger partial charge in [-0.05, 0) is 39.5 Å². The molecule has 0 aromatic rings. The Hall–Kier alpha value is 0.110. The van der Waals surface area contributed by atoms with Crippen LogP contribution in [0.5, 0.6) is 0 Å². The lowest BCUT2D eigenvalue weighted by atomic mass is 9.97. The molecule has 0 aromatic heterocycles. The second kappa shape index (κ2) is 7.04. The van der Waals surface area contributed by atoms with E-state index in [0.717, 1.165) is 0 Å². The Bertz CT molecular complexity index is 274. The quantitative estimate of drug-likeness (QED) is 0.718. The molecule has 0 bridgehead atoms. The van der Waals surface area contributed by atoms with E-state index in [0.29, 0.717) is 0 Å². The zero-order valence-corrected chi connectivity index (χ0v) is 13.9. The van der Waals surface area contributed by atoms with Crippen LogP contribution in [0.2, 0.25) is 0 Å². The van der Waals surface area contributed by atoms with E-state index in [4.69, 9.17) is 4.52 Å². The molecule has 1 unspecified atom stereocenters. The molecule has 0 fully saturated rings. The Morgan fingerprint density at radius 3 is 1.44 bits per heavy atom. The maximum Gasteiger partial charge on any atom is 0.406 e. The van der Waals surface area contributed by atoms with Crippen molar-refractivity contribution in [3.05, 3.63) is 0 Å². The van der Waals surface area contributed by atoms with E-state index >= 15 is 0 Å². The van der Waals surface area contributed by atoms with Crippen LogP contribution < -0.4 is 0 Å². The van der Waals surface area contributed by atoms with E-state index in [9.17, 15) is 9.46 Å². The van der Waals surface area contributed by atoms with Crippen LogP contribution in [0.3, 0.4) is 0 Å². The second-order valence-corrected chi connectivity index (χ2v) is 7.77. The summed E-state index contributed by atoms with van der Waals surface area (Å²) in [4.78, 5) is 10.2. The molecule has 4 nitrogen and oxygen atoms in total. The normalized spacial score (nSPS) is 16.6. The topological polar surface area (TPSA) is 49.8 Å². The number of hydrogen-bond acceptors (Lipinski definition) is 2. The summed E-state index contributed by atoms with van der Waals surface area (Å²) in [6, 6.07) is -0.0541. The predicted octanol–water partition coefficient (Wildman–Crippen LogP) is 3.90. The summed E-state index contributed by atoms with van der Waals surface area (Å²) in [5, 5.41) is 0. The average Bonchev–Trinajstić information content (AvgIpc) is 2.10. The lowest BCUT2D eigenvalue weighted by Crippen LogP contribution is -2.37. The molecular weight excluding hydrogens is 249 g/mol. The van der Waals surface area contributed by atoms with Gasteiger partial charge in [0.2, 0.25) is 0 Å². The van der Waals surface area contributed by atoms with Crippen LogP contribution in [-0.4, -0.2) is 27.8 Å². The van der Waals surface area contributed by atoms with Gasteiger partial charge in [-0.2, -0.15) is 0 Å². The predicted molar refractivity (Wildman–Crippen MR) is 76.5 cm³/mol. The van der Waals surface area contributed by atoms with E-state index in [1.165, 1.54) is 0 Å². The number of rotatable bonds is 7. The fourth-order valence-corrected chi connectivity index (χ4v) is 4.49. The maximum atomic E-state index is 12.5. The first kappa shape index (κ1) is 18.1. The van der Waals surface area contributed by atoms with E-state index < -0.39 is 7.75 Å². The Balaban J connectivity index is 5.06. The van der Waals surface area contributed by atoms with Gasteiger partial charge in [-0.25, -0.2) is 9.24 Å². The largest absolute Gasteiger partial charge is 0.406 e. The highest BCUT2D eigenvalue weighted by Crippen LogP contribution is 2.51. The molecule has 0 spiro atoms. The summed E-state index contributed by atoms with van der Waals surface area (Å²) >= 11 is 0. The molecule has 5 heteroatoms. The molecule has 0 saturated carbocycles. The van der Waals surface area contributed by atoms with Crippen molar-refractivity contribution in [2.75, 3.05) is 0 Å². The third-order valence-corrected chi connectivity index (χ3v) is 4.95. The van der Waals surface area contributed by atoms with Crippen LogP contribution in [0.4, 0.5) is 0 Å². The van der Waals surface area contributed by atoms with Crippen LogP contribution in [0.15, 0.2) is 0 Å². The molecule has 0 amide bonds. The summed E-state index contributed by atoms with van der Waals surface area (Å²) in [5.74, 6) is 0.429. The summed E-state index contributed by atoms with van der Waals surface area (Å²) < 4.78 is 19.6. The van der Waals surface area contributed by atoms with Gasteiger partial charge in [0.05, 0.1) is 6.10 Å². The number of nitrogens with zero attached hydrogens (tertiary/aromatic N) is 1. The van der Waals surface area contributed by atoms with Crippen molar-refractivity contribution in [1.29, 1.82) is 0 Å². The van der Waals surface area contributed by atoms with E-state index in [1.807, 2.05) is 55.4 Å². The minimum atomic E-state index is -3.75. The summed E-state index contributed by atoms with van der Waals surface area (Å²) in [7, 11) is -3.75. The molecule has 0 radical (unpaired) electrons. The highest BCUT2D eigenvalue weighted by molar-refractivity contribution is 7.50. The van der Waals surface area contributed by atoms with Crippen LogP contribution in [0.25, 0.3) is 0 Å². The molecule has 110 valence electrons. The smallest absolute Gasteiger partial charge is 0.312 e. The first-order valence-electron chi connectivity index (χ1n) is 6.80. The molecule has 0 aromatic carbocycles. The fraction of sp³-hybridized carbons (Fsp3) is 1.00. The third-order valence-electron chi connectivity index (χ3n) is 2.92. The molecule has 1 N–H and O–H groups in total. The zero-order chi connectivity index (χ0) is 14.7. The van der Waals surface area contributed by atoms with Crippen molar-refractivity contribution in [2.45, 2.75) is 73.6 Å². The maximum absolute atomic E-state index is 12.5. The third kappa shape index (κ3) is 5.00. The lowest BCUT2D eigenvalue weighted by molar-refractivity contribution is 0.0620. The Labute approximate surface area is 112 Å². The molecular formula is C13H30NO3P. The van der Waals surface area contributed by atoms with Gasteiger partial charge < -0.3 is 4.89 Å². The van der Waals surface area contributed by atoms with Crippen molar-refractivity contribution in [3.8, 4) is 0 Å². The summed E-state index contributed by atoms with van der Waals surface area (Å²) in [5.41, 5.74) is 0. The van der Waals surface area contributed by atoms with Gasteiger partial charge in [0.1, 0.15) is 0 Å². The summed E-state index contributed by atoms with van der Waals surface area (Å²) in [6.07, 6.45) is -0.208. The Kier molecular flexibility index (Phi) is 7.09. The lowest BCUT2D eigenvalue weighted by Gasteiger charge is -2.36. The van der Waals surface area contributed by atoms with Crippen LogP contribution in [0.1, 0.15) is 55.4 Å². The molecule has 0 rings (SSSR count). The highest BCUT2D eigenvalue weighted by Gasteiger charge is 2.38. The SMILES string of the molecule is CC(C)C(OP(=O)(O)N(C(C)C)C(C)C)C(C)C. The molecule has 0 saturated heterocycles. The molecule has 18 heavy (non-hydrogen) atoms. The van der Waals surface area contributed by atoms with E-state index in [1.54, 1.807) is 4.67 Å². The first-order chi connectivity index (χ1) is 8.00. The van der Waals surface area contributed by atoms with Gasteiger partial charge in [-0.3, -0.25) is 4.52 Å². The van der Waals surface area contributed by atoms with E-state index in [-0.39, 0.29) is 30.0 Å². The molecule has 1 atom stereocenters. The van der Waals surface area contributed by atoms with E-state index in [2.05, 4.69) is 0 Å². The zero-order valence-electron chi connectivity index (χ0n) is 13.0. The van der Waals surface area contributed by atoms with Crippen molar-refractivity contribution in [1.82, 2.24) is 4.67 Å². The van der Waals surface area contributed by atoms with Gasteiger partial charge in [-0.15, -0.1) is 0 Å². The Morgan fingerprint density at radius 2 is 1.22 bits per heavy atom. The first-order valence-corrected chi connectivity index (χ1v) is 8.33. The van der Waals surface area contributed by atoms with Crippen molar-refractivity contribution >= 4 is 7.75 Å². The van der Waals surface area contributed by atoms with Gasteiger partial charge in [-0.1, -0.05) is 27.7 Å². The minimum absolute atomic E-state index is 0.0270. The summed E-state index contributed by atoms with van der Waals surface area (Å²) in [6.45, 7) is 15.7. The van der Waals surface area contributed by atoms with Crippen molar-refractivity contribution < 1.29 is 14.0 Å². The van der Waals surface area contributed by atoms with Crippen molar-refractivity contribution in [2.24, 2.45) is 11.8 Å². The fourth-order valence-electron chi connectivity index (χ4n) is 2.41.